The summed E-state index contributed by atoms with van der Waals surface area (Å²) < 4.78 is 29.3. The highest BCUT2D eigenvalue weighted by Crippen LogP contribution is 2.05. The van der Waals surface area contributed by atoms with Gasteiger partial charge in [0.15, 0.2) is 0 Å². The predicted octanol–water partition coefficient (Wildman–Crippen LogP) is 0.694. The van der Waals surface area contributed by atoms with E-state index in [0.29, 0.717) is 19.3 Å². The zero-order valence-corrected chi connectivity index (χ0v) is 11.0. The molecule has 0 radical (unpaired) electrons. The van der Waals surface area contributed by atoms with Crippen LogP contribution < -0.4 is 5.73 Å². The van der Waals surface area contributed by atoms with Gasteiger partial charge in [-0.25, -0.2) is 0 Å². The molecule has 0 fully saturated rings. The molecular weight excluding hydrogens is 250 g/mol. The van der Waals surface area contributed by atoms with E-state index in [1.807, 2.05) is 6.26 Å². The zero-order chi connectivity index (χ0) is 12.6. The van der Waals surface area contributed by atoms with Crippen LogP contribution in [0, 0.1) is 0 Å². The molecule has 7 heteroatoms. The van der Waals surface area contributed by atoms with Gasteiger partial charge in [-0.15, -0.1) is 0 Å². The standard InChI is InChI=1S/C9H19NO4S2/c1-15-6-5-8(10)9(11)4-2-3-7-16(12,13)14/h8H,2-7,10H2,1H3,(H,12,13,14)/t8-/m1/s1. The molecule has 3 N–H and O–H groups in total. The van der Waals surface area contributed by atoms with Crippen molar-refractivity contribution in [3.05, 3.63) is 0 Å². The molecule has 1 atom stereocenters. The summed E-state index contributed by atoms with van der Waals surface area (Å²) in [6.07, 6.45) is 3.62. The van der Waals surface area contributed by atoms with Gasteiger partial charge in [-0.2, -0.15) is 20.2 Å². The van der Waals surface area contributed by atoms with Crippen molar-refractivity contribution >= 4 is 27.7 Å². The third-order valence-corrected chi connectivity index (χ3v) is 3.57. The lowest BCUT2D eigenvalue weighted by Crippen LogP contribution is -2.30. The molecule has 0 unspecified atom stereocenters. The van der Waals surface area contributed by atoms with Gasteiger partial charge in [0.25, 0.3) is 10.1 Å². The largest absolute Gasteiger partial charge is 0.321 e. The molecule has 0 aromatic rings. The van der Waals surface area contributed by atoms with Gasteiger partial charge in [0.1, 0.15) is 5.78 Å². The van der Waals surface area contributed by atoms with Gasteiger partial charge < -0.3 is 5.73 Å². The fraction of sp³-hybridized carbons (Fsp3) is 0.889. The second-order valence-electron chi connectivity index (χ2n) is 3.60. The molecule has 0 aliphatic heterocycles. The Morgan fingerprint density at radius 1 is 1.44 bits per heavy atom. The Hall–Kier alpha value is -0.110. The van der Waals surface area contributed by atoms with E-state index >= 15 is 0 Å². The molecular formula is C9H19NO4S2. The Balaban J connectivity index is 3.65. The molecule has 96 valence electrons. The Bertz CT molecular complexity index is 303. The highest BCUT2D eigenvalue weighted by atomic mass is 32.2. The number of carbonyl (C=O) groups excluding carboxylic acids is 1. The van der Waals surface area contributed by atoms with Crippen LogP contribution in [0.4, 0.5) is 0 Å². The fourth-order valence-corrected chi connectivity index (χ4v) is 2.23. The van der Waals surface area contributed by atoms with Crippen LogP contribution in [0.15, 0.2) is 0 Å². The highest BCUT2D eigenvalue weighted by molar-refractivity contribution is 7.98. The summed E-state index contributed by atoms with van der Waals surface area (Å²) in [5.74, 6) is 0.516. The van der Waals surface area contributed by atoms with Crippen LogP contribution in [0.25, 0.3) is 0 Å². The van der Waals surface area contributed by atoms with Crippen molar-refractivity contribution in [2.45, 2.75) is 31.7 Å². The maximum absolute atomic E-state index is 11.4. The first-order valence-electron chi connectivity index (χ1n) is 5.09. The number of ketones is 1. The molecule has 0 bridgehead atoms. The van der Waals surface area contributed by atoms with Crippen LogP contribution in [0.2, 0.25) is 0 Å². The average molecular weight is 269 g/mol. The van der Waals surface area contributed by atoms with E-state index in [1.54, 1.807) is 11.8 Å². The van der Waals surface area contributed by atoms with Gasteiger partial charge in [0.05, 0.1) is 11.8 Å². The second kappa shape index (κ2) is 8.05. The maximum Gasteiger partial charge on any atom is 0.264 e. The van der Waals surface area contributed by atoms with Crippen molar-refractivity contribution < 1.29 is 17.8 Å². The highest BCUT2D eigenvalue weighted by Gasteiger charge is 2.13. The Morgan fingerprint density at radius 2 is 2.06 bits per heavy atom. The van der Waals surface area contributed by atoms with Crippen LogP contribution in [0.5, 0.6) is 0 Å². The van der Waals surface area contributed by atoms with Crippen LogP contribution in [0.3, 0.4) is 0 Å². The van der Waals surface area contributed by atoms with Gasteiger partial charge in [-0.1, -0.05) is 0 Å². The molecule has 0 aromatic heterocycles. The minimum atomic E-state index is -3.90. The van der Waals surface area contributed by atoms with Crippen molar-refractivity contribution in [1.29, 1.82) is 0 Å². The third kappa shape index (κ3) is 9.14. The predicted molar refractivity (Wildman–Crippen MR) is 66.2 cm³/mol. The Morgan fingerprint density at radius 3 is 2.56 bits per heavy atom. The maximum atomic E-state index is 11.4. The number of unbranched alkanes of at least 4 members (excludes halogenated alkanes) is 1. The summed E-state index contributed by atoms with van der Waals surface area (Å²) in [5.41, 5.74) is 5.64. The van der Waals surface area contributed by atoms with E-state index in [4.69, 9.17) is 10.3 Å². The molecule has 0 rings (SSSR count). The molecule has 0 heterocycles. The molecule has 0 aromatic carbocycles. The smallest absolute Gasteiger partial charge is 0.264 e. The first kappa shape index (κ1) is 15.9. The van der Waals surface area contributed by atoms with Gasteiger partial charge in [0, 0.05) is 6.42 Å². The third-order valence-electron chi connectivity index (χ3n) is 2.12. The number of thioether (sulfide) groups is 1. The minimum absolute atomic E-state index is 0.0376. The number of rotatable bonds is 9. The molecule has 0 amide bonds. The SMILES string of the molecule is CSCC[C@@H](N)C(=O)CCCCS(=O)(=O)O. The number of nitrogens with two attached hydrogens (primary N) is 1. The molecule has 0 aliphatic rings. The van der Waals surface area contributed by atoms with E-state index in [1.165, 1.54) is 0 Å². The Labute approximate surface area is 101 Å². The number of hydrogen-bond acceptors (Lipinski definition) is 5. The lowest BCUT2D eigenvalue weighted by atomic mass is 10.1. The number of Topliss-reactive ketones (excluding diaryl/α,β-unsaturated/α-hetero) is 1. The second-order valence-corrected chi connectivity index (χ2v) is 6.16. The monoisotopic (exact) mass is 269 g/mol. The van der Waals surface area contributed by atoms with E-state index in [2.05, 4.69) is 0 Å². The van der Waals surface area contributed by atoms with Gasteiger partial charge in [-0.05, 0) is 31.3 Å². The molecule has 0 saturated carbocycles. The fourth-order valence-electron chi connectivity index (χ4n) is 1.17. The van der Waals surface area contributed by atoms with Gasteiger partial charge >= 0.3 is 0 Å². The van der Waals surface area contributed by atoms with Crippen molar-refractivity contribution in [2.75, 3.05) is 17.8 Å². The number of hydrogen-bond donors (Lipinski definition) is 2. The summed E-state index contributed by atoms with van der Waals surface area (Å²) in [6, 6.07) is -0.446. The first-order chi connectivity index (χ1) is 7.37. The van der Waals surface area contributed by atoms with Crippen LogP contribution >= 0.6 is 11.8 Å². The summed E-state index contributed by atoms with van der Waals surface area (Å²) in [6.45, 7) is 0. The quantitative estimate of drug-likeness (QED) is 0.472. The van der Waals surface area contributed by atoms with Crippen molar-refractivity contribution in [1.82, 2.24) is 0 Å². The summed E-state index contributed by atoms with van der Waals surface area (Å²) >= 11 is 1.63. The average Bonchev–Trinajstić information content (AvgIpc) is 2.19. The zero-order valence-electron chi connectivity index (χ0n) is 9.39. The lowest BCUT2D eigenvalue weighted by molar-refractivity contribution is -0.120. The summed E-state index contributed by atoms with van der Waals surface area (Å²) in [4.78, 5) is 11.4. The van der Waals surface area contributed by atoms with E-state index in [-0.39, 0.29) is 18.0 Å². The molecule has 16 heavy (non-hydrogen) atoms. The molecule has 0 saturated heterocycles. The normalized spacial score (nSPS) is 13.7. The molecule has 0 spiro atoms. The molecule has 5 nitrogen and oxygen atoms in total. The van der Waals surface area contributed by atoms with Gasteiger partial charge in [0.2, 0.25) is 0 Å². The lowest BCUT2D eigenvalue weighted by Gasteiger charge is -2.08. The van der Waals surface area contributed by atoms with E-state index in [0.717, 1.165) is 5.75 Å². The molecule has 0 aliphatic carbocycles. The summed E-state index contributed by atoms with van der Waals surface area (Å²) in [7, 11) is -3.90. The van der Waals surface area contributed by atoms with Crippen LogP contribution in [0.1, 0.15) is 25.7 Å². The van der Waals surface area contributed by atoms with Crippen LogP contribution in [-0.4, -0.2) is 42.6 Å². The number of carbonyl (C=O) groups is 1. The minimum Gasteiger partial charge on any atom is -0.321 e. The topological polar surface area (TPSA) is 97.5 Å². The van der Waals surface area contributed by atoms with E-state index in [9.17, 15) is 13.2 Å². The first-order valence-corrected chi connectivity index (χ1v) is 8.09. The van der Waals surface area contributed by atoms with Crippen molar-refractivity contribution in [2.24, 2.45) is 5.73 Å². The van der Waals surface area contributed by atoms with Crippen molar-refractivity contribution in [3.63, 3.8) is 0 Å². The summed E-state index contributed by atoms with van der Waals surface area (Å²) in [5, 5.41) is 0. The van der Waals surface area contributed by atoms with Gasteiger partial charge in [-0.3, -0.25) is 9.35 Å². The van der Waals surface area contributed by atoms with Crippen LogP contribution in [-0.2, 0) is 14.9 Å². The van der Waals surface area contributed by atoms with E-state index < -0.39 is 16.2 Å². The van der Waals surface area contributed by atoms with Crippen molar-refractivity contribution in [3.8, 4) is 0 Å². The Kier molecular flexibility index (Phi) is 8.00.